The van der Waals surface area contributed by atoms with E-state index in [2.05, 4.69) is 10.4 Å². The lowest BCUT2D eigenvalue weighted by Gasteiger charge is -2.11. The molecule has 8 heteroatoms. The Balaban J connectivity index is 1.98. The summed E-state index contributed by atoms with van der Waals surface area (Å²) in [7, 11) is 3.27. The Morgan fingerprint density at radius 3 is 2.54 bits per heavy atom. The molecule has 0 fully saturated rings. The van der Waals surface area contributed by atoms with Gasteiger partial charge in [0.2, 0.25) is 0 Å². The van der Waals surface area contributed by atoms with Crippen LogP contribution in [0.25, 0.3) is 0 Å². The summed E-state index contributed by atoms with van der Waals surface area (Å²) in [4.78, 5) is 24.2. The van der Waals surface area contributed by atoms with Crippen LogP contribution in [0.4, 0.5) is 5.69 Å². The second-order valence-electron chi connectivity index (χ2n) is 5.59. The van der Waals surface area contributed by atoms with Crippen molar-refractivity contribution in [2.24, 2.45) is 7.05 Å². The lowest BCUT2D eigenvalue weighted by molar-refractivity contribution is -0.119. The summed E-state index contributed by atoms with van der Waals surface area (Å²) >= 11 is 0. The first-order chi connectivity index (χ1) is 12.4. The number of aryl methyl sites for hydroxylation is 2. The normalized spacial score (nSPS) is 10.3. The van der Waals surface area contributed by atoms with Crippen LogP contribution in [-0.4, -0.2) is 42.0 Å². The zero-order valence-corrected chi connectivity index (χ0v) is 15.6. The molecule has 0 aliphatic rings. The SMILES string of the molecule is CCOc1ccc(C(=O)OCC(=O)Nc2c(C)nn(C)c2C)cc1OC. The molecule has 2 aromatic rings. The van der Waals surface area contributed by atoms with Crippen LogP contribution in [0.2, 0.25) is 0 Å². The fourth-order valence-corrected chi connectivity index (χ4v) is 2.41. The smallest absolute Gasteiger partial charge is 0.338 e. The van der Waals surface area contributed by atoms with E-state index in [-0.39, 0.29) is 5.56 Å². The Hall–Kier alpha value is -3.03. The van der Waals surface area contributed by atoms with Gasteiger partial charge in [-0.05, 0) is 39.0 Å². The Kier molecular flexibility index (Phi) is 6.21. The number of carbonyl (C=O) groups is 2. The largest absolute Gasteiger partial charge is 0.493 e. The predicted octanol–water partition coefficient (Wildman–Crippen LogP) is 2.24. The average Bonchev–Trinajstić information content (AvgIpc) is 2.86. The van der Waals surface area contributed by atoms with E-state index in [1.807, 2.05) is 13.8 Å². The van der Waals surface area contributed by atoms with E-state index in [4.69, 9.17) is 14.2 Å². The Bertz CT molecular complexity index is 813. The standard InChI is InChI=1S/C18H23N3O5/c1-6-25-14-8-7-13(9-15(14)24-5)18(23)26-10-16(22)19-17-11(2)20-21(4)12(17)3/h7-9H,6,10H2,1-5H3,(H,19,22). The van der Waals surface area contributed by atoms with E-state index in [9.17, 15) is 9.59 Å². The highest BCUT2D eigenvalue weighted by Crippen LogP contribution is 2.28. The third-order valence-corrected chi connectivity index (χ3v) is 3.81. The number of amides is 1. The molecule has 0 spiro atoms. The predicted molar refractivity (Wildman–Crippen MR) is 95.8 cm³/mol. The van der Waals surface area contributed by atoms with E-state index < -0.39 is 18.5 Å². The topological polar surface area (TPSA) is 91.7 Å². The van der Waals surface area contributed by atoms with Gasteiger partial charge in [0.1, 0.15) is 0 Å². The average molecular weight is 361 g/mol. The number of nitrogens with one attached hydrogen (secondary N) is 1. The summed E-state index contributed by atoms with van der Waals surface area (Å²) in [6.45, 7) is 5.57. The maximum Gasteiger partial charge on any atom is 0.338 e. The van der Waals surface area contributed by atoms with Crippen LogP contribution < -0.4 is 14.8 Å². The van der Waals surface area contributed by atoms with Crippen LogP contribution in [-0.2, 0) is 16.6 Å². The first-order valence-corrected chi connectivity index (χ1v) is 8.15. The quantitative estimate of drug-likeness (QED) is 0.761. The van der Waals surface area contributed by atoms with Gasteiger partial charge < -0.3 is 19.5 Å². The molecule has 1 N–H and O–H groups in total. The molecule has 1 aromatic heterocycles. The fraction of sp³-hybridized carbons (Fsp3) is 0.389. The summed E-state index contributed by atoms with van der Waals surface area (Å²) < 4.78 is 17.3. The van der Waals surface area contributed by atoms with Gasteiger partial charge >= 0.3 is 5.97 Å². The summed E-state index contributed by atoms with van der Waals surface area (Å²) in [5, 5.41) is 6.93. The molecule has 1 amide bonds. The molecular weight excluding hydrogens is 338 g/mol. The molecule has 26 heavy (non-hydrogen) atoms. The number of anilines is 1. The van der Waals surface area contributed by atoms with Crippen LogP contribution >= 0.6 is 0 Å². The van der Waals surface area contributed by atoms with Crippen molar-refractivity contribution < 1.29 is 23.8 Å². The summed E-state index contributed by atoms with van der Waals surface area (Å²) in [5.41, 5.74) is 2.41. The second kappa shape index (κ2) is 8.37. The number of nitrogens with zero attached hydrogens (tertiary/aromatic N) is 2. The molecule has 0 aliphatic carbocycles. The van der Waals surface area contributed by atoms with Gasteiger partial charge in [-0.1, -0.05) is 0 Å². The Morgan fingerprint density at radius 2 is 1.96 bits per heavy atom. The van der Waals surface area contributed by atoms with Crippen LogP contribution in [0.5, 0.6) is 11.5 Å². The number of hydrogen-bond donors (Lipinski definition) is 1. The molecule has 0 aliphatic heterocycles. The van der Waals surface area contributed by atoms with Gasteiger partial charge in [-0.3, -0.25) is 9.48 Å². The van der Waals surface area contributed by atoms with Crippen molar-refractivity contribution in [3.63, 3.8) is 0 Å². The van der Waals surface area contributed by atoms with E-state index >= 15 is 0 Å². The highest BCUT2D eigenvalue weighted by atomic mass is 16.5. The number of hydrogen-bond acceptors (Lipinski definition) is 6. The van der Waals surface area contributed by atoms with Crippen molar-refractivity contribution in [1.82, 2.24) is 9.78 Å². The molecule has 1 heterocycles. The van der Waals surface area contributed by atoms with Gasteiger partial charge in [-0.15, -0.1) is 0 Å². The van der Waals surface area contributed by atoms with Crippen molar-refractivity contribution in [3.8, 4) is 11.5 Å². The van der Waals surface area contributed by atoms with Crippen molar-refractivity contribution in [2.45, 2.75) is 20.8 Å². The second-order valence-corrected chi connectivity index (χ2v) is 5.59. The van der Waals surface area contributed by atoms with Crippen molar-refractivity contribution >= 4 is 17.6 Å². The number of carbonyl (C=O) groups excluding carboxylic acids is 2. The maximum atomic E-state index is 12.2. The first kappa shape index (κ1) is 19.3. The molecule has 1 aromatic carbocycles. The van der Waals surface area contributed by atoms with Crippen LogP contribution in [0.15, 0.2) is 18.2 Å². The first-order valence-electron chi connectivity index (χ1n) is 8.15. The number of methoxy groups -OCH3 is 1. The number of rotatable bonds is 7. The van der Waals surface area contributed by atoms with Crippen LogP contribution in [0.3, 0.4) is 0 Å². The maximum absolute atomic E-state index is 12.2. The lowest BCUT2D eigenvalue weighted by Crippen LogP contribution is -2.21. The molecule has 8 nitrogen and oxygen atoms in total. The number of ether oxygens (including phenoxy) is 3. The van der Waals surface area contributed by atoms with Gasteiger partial charge in [0.15, 0.2) is 18.1 Å². The van der Waals surface area contributed by atoms with Crippen molar-refractivity contribution in [1.29, 1.82) is 0 Å². The molecule has 140 valence electrons. The third-order valence-electron chi connectivity index (χ3n) is 3.81. The van der Waals surface area contributed by atoms with Gasteiger partial charge in [0.05, 0.1) is 36.4 Å². The van der Waals surface area contributed by atoms with E-state index in [1.165, 1.54) is 13.2 Å². The van der Waals surface area contributed by atoms with Gasteiger partial charge in [-0.2, -0.15) is 5.10 Å². The highest BCUT2D eigenvalue weighted by molar-refractivity contribution is 5.96. The number of aromatic nitrogens is 2. The molecular formula is C18H23N3O5. The van der Waals surface area contributed by atoms with Crippen molar-refractivity contribution in [3.05, 3.63) is 35.2 Å². The van der Waals surface area contributed by atoms with Crippen LogP contribution in [0, 0.1) is 13.8 Å². The summed E-state index contributed by atoms with van der Waals surface area (Å²) in [6, 6.07) is 4.70. The molecule has 0 unspecified atom stereocenters. The minimum atomic E-state index is -0.624. The van der Waals surface area contributed by atoms with Gasteiger partial charge in [-0.25, -0.2) is 4.79 Å². The monoisotopic (exact) mass is 361 g/mol. The van der Waals surface area contributed by atoms with E-state index in [0.29, 0.717) is 29.5 Å². The zero-order chi connectivity index (χ0) is 19.3. The Morgan fingerprint density at radius 1 is 1.23 bits per heavy atom. The van der Waals surface area contributed by atoms with E-state index in [1.54, 1.807) is 30.8 Å². The zero-order valence-electron chi connectivity index (χ0n) is 15.6. The Labute approximate surface area is 152 Å². The molecule has 0 saturated heterocycles. The van der Waals surface area contributed by atoms with Crippen molar-refractivity contribution in [2.75, 3.05) is 25.6 Å². The van der Waals surface area contributed by atoms with Gasteiger partial charge in [0.25, 0.3) is 5.91 Å². The molecule has 0 radical (unpaired) electrons. The number of esters is 1. The minimum Gasteiger partial charge on any atom is -0.493 e. The lowest BCUT2D eigenvalue weighted by atomic mass is 10.2. The molecule has 0 bridgehead atoms. The molecule has 0 saturated carbocycles. The summed E-state index contributed by atoms with van der Waals surface area (Å²) in [5.74, 6) is -0.101. The van der Waals surface area contributed by atoms with E-state index in [0.717, 1.165) is 5.69 Å². The minimum absolute atomic E-state index is 0.270. The fourth-order valence-electron chi connectivity index (χ4n) is 2.41. The number of benzene rings is 1. The summed E-state index contributed by atoms with van der Waals surface area (Å²) in [6.07, 6.45) is 0. The third kappa shape index (κ3) is 4.33. The van der Waals surface area contributed by atoms with Gasteiger partial charge in [0, 0.05) is 7.05 Å². The molecule has 0 atom stereocenters. The molecule has 2 rings (SSSR count). The highest BCUT2D eigenvalue weighted by Gasteiger charge is 2.16. The van der Waals surface area contributed by atoms with Crippen LogP contribution in [0.1, 0.15) is 28.7 Å².